The van der Waals surface area contributed by atoms with Crippen LogP contribution in [0.4, 0.5) is 0 Å². The third kappa shape index (κ3) is 5.62. The molecule has 0 saturated carbocycles. The van der Waals surface area contributed by atoms with Gasteiger partial charge in [0, 0.05) is 33.7 Å². The van der Waals surface area contributed by atoms with Gasteiger partial charge in [-0.2, -0.15) is 0 Å². The molecule has 1 aromatic heterocycles. The van der Waals surface area contributed by atoms with E-state index in [2.05, 4.69) is 173 Å². The van der Waals surface area contributed by atoms with E-state index in [1.54, 1.807) is 0 Å². The highest BCUT2D eigenvalue weighted by atomic mass is 16.3. The molecule has 2 heterocycles. The van der Waals surface area contributed by atoms with Crippen LogP contribution < -0.4 is 0 Å². The molecule has 11 rings (SSSR count). The average Bonchev–Trinajstić information content (AvgIpc) is 3.69. The predicted molar refractivity (Wildman–Crippen MR) is 246 cm³/mol. The maximum atomic E-state index is 6.58. The Kier molecular flexibility index (Phi) is 8.30. The smallest absolute Gasteiger partial charge is 0.160 e. The minimum Gasteiger partial charge on any atom is -0.455 e. The molecule has 59 heavy (non-hydrogen) atoms. The fourth-order valence-corrected chi connectivity index (χ4v) is 10.5. The Balaban J connectivity index is 0.999. The van der Waals surface area contributed by atoms with Crippen LogP contribution in [0.1, 0.15) is 96.9 Å². The summed E-state index contributed by atoms with van der Waals surface area (Å²) in [6, 6.07) is 57.3. The molecule has 0 N–H and O–H groups in total. The molecule has 2 aliphatic carbocycles. The van der Waals surface area contributed by atoms with Crippen molar-refractivity contribution in [2.24, 2.45) is 9.98 Å². The van der Waals surface area contributed by atoms with Crippen LogP contribution in [-0.2, 0) is 11.8 Å². The standard InChI is InChI=1S/C56H46N2O/c1-5-35-32-50(37-16-7-6-8-17-37)57-55(58-53(35)46-23-15-22-45-43-21-12-14-25-51(43)59-54(45)46)38-28-26-36(27-29-38)34(2)47-33-48-41(39-18-9-10-19-40(39)47)30-31-44-42-20-11-13-24-49(42)56(3,4)52(44)48/h6-31,34,47H,5,32-33H2,1-4H3. The normalized spacial score (nSPS) is 17.1. The van der Waals surface area contributed by atoms with Crippen molar-refractivity contribution in [1.29, 1.82) is 0 Å². The average molecular weight is 763 g/mol. The third-order valence-corrected chi connectivity index (χ3v) is 13.6. The first-order valence-electron chi connectivity index (χ1n) is 21.2. The fraction of sp³-hybridized carbons (Fsp3) is 0.179. The molecule has 0 bridgehead atoms. The van der Waals surface area contributed by atoms with Crippen molar-refractivity contribution < 1.29 is 4.42 Å². The number of allylic oxidation sites excluding steroid dienone is 1. The van der Waals surface area contributed by atoms with Gasteiger partial charge in [-0.25, -0.2) is 9.98 Å². The lowest BCUT2D eigenvalue weighted by Crippen LogP contribution is -2.23. The minimum absolute atomic E-state index is 0.0571. The van der Waals surface area contributed by atoms with Crippen LogP contribution >= 0.6 is 0 Å². The van der Waals surface area contributed by atoms with Crippen LogP contribution in [0.25, 0.3) is 49.9 Å². The van der Waals surface area contributed by atoms with Crippen molar-refractivity contribution in [2.45, 2.75) is 64.2 Å². The van der Waals surface area contributed by atoms with Gasteiger partial charge >= 0.3 is 0 Å². The highest BCUT2D eigenvalue weighted by Gasteiger charge is 2.41. The van der Waals surface area contributed by atoms with Gasteiger partial charge in [0.2, 0.25) is 0 Å². The zero-order valence-corrected chi connectivity index (χ0v) is 34.1. The van der Waals surface area contributed by atoms with Gasteiger partial charge < -0.3 is 4.42 Å². The molecule has 0 radical (unpaired) electrons. The van der Waals surface area contributed by atoms with Gasteiger partial charge in [-0.05, 0) is 98.0 Å². The third-order valence-electron chi connectivity index (χ3n) is 13.6. The van der Waals surface area contributed by atoms with Crippen LogP contribution in [0.5, 0.6) is 0 Å². The first-order valence-corrected chi connectivity index (χ1v) is 21.2. The van der Waals surface area contributed by atoms with E-state index in [9.17, 15) is 0 Å². The molecule has 0 amide bonds. The summed E-state index contributed by atoms with van der Waals surface area (Å²) in [6.45, 7) is 9.47. The van der Waals surface area contributed by atoms with Crippen molar-refractivity contribution >= 4 is 39.2 Å². The second-order valence-electron chi connectivity index (χ2n) is 17.1. The molecular formula is C56H46N2O. The Hall–Kier alpha value is -6.58. The van der Waals surface area contributed by atoms with Crippen molar-refractivity contribution in [3.8, 4) is 22.3 Å². The second-order valence-corrected chi connectivity index (χ2v) is 17.1. The molecule has 2 atom stereocenters. The number of hydrogen-bond acceptors (Lipinski definition) is 3. The number of nitrogens with zero attached hydrogens (tertiary/aromatic N) is 2. The molecular weight excluding hydrogens is 717 g/mol. The number of furan rings is 1. The maximum absolute atomic E-state index is 6.58. The monoisotopic (exact) mass is 762 g/mol. The van der Waals surface area contributed by atoms with Gasteiger partial charge in [0.15, 0.2) is 5.84 Å². The van der Waals surface area contributed by atoms with Crippen LogP contribution in [-0.4, -0.2) is 11.5 Å². The number of benzene rings is 7. The molecule has 3 aliphatic rings. The Morgan fingerprint density at radius 1 is 0.627 bits per heavy atom. The lowest BCUT2D eigenvalue weighted by molar-refractivity contribution is 0.557. The van der Waals surface area contributed by atoms with Gasteiger partial charge in [-0.1, -0.05) is 173 Å². The zero-order valence-electron chi connectivity index (χ0n) is 34.1. The first kappa shape index (κ1) is 35.6. The summed E-state index contributed by atoms with van der Waals surface area (Å²) in [6.07, 6.45) is 2.57. The quantitative estimate of drug-likeness (QED) is 0.166. The van der Waals surface area contributed by atoms with E-state index in [1.807, 2.05) is 12.1 Å². The summed E-state index contributed by atoms with van der Waals surface area (Å²) in [7, 11) is 0. The van der Waals surface area contributed by atoms with Crippen molar-refractivity contribution in [3.63, 3.8) is 0 Å². The molecule has 0 fully saturated rings. The summed E-state index contributed by atoms with van der Waals surface area (Å²) in [5.74, 6) is 1.34. The van der Waals surface area contributed by atoms with Gasteiger partial charge in [0.25, 0.3) is 0 Å². The van der Waals surface area contributed by atoms with Crippen molar-refractivity contribution in [1.82, 2.24) is 0 Å². The number of para-hydroxylation sites is 2. The Morgan fingerprint density at radius 2 is 1.32 bits per heavy atom. The number of hydrogen-bond donors (Lipinski definition) is 0. The topological polar surface area (TPSA) is 37.9 Å². The summed E-state index contributed by atoms with van der Waals surface area (Å²) in [4.78, 5) is 10.9. The number of aliphatic imine (C=N–C) groups is 2. The predicted octanol–water partition coefficient (Wildman–Crippen LogP) is 14.5. The van der Waals surface area contributed by atoms with Gasteiger partial charge in [0.1, 0.15) is 11.2 Å². The molecule has 8 aromatic rings. The zero-order chi connectivity index (χ0) is 39.8. The molecule has 3 heteroatoms. The van der Waals surface area contributed by atoms with E-state index < -0.39 is 0 Å². The number of fused-ring (bicyclic) bond motifs is 10. The molecule has 2 unspecified atom stereocenters. The van der Waals surface area contributed by atoms with E-state index in [1.165, 1.54) is 55.6 Å². The Bertz CT molecular complexity index is 3070. The molecule has 0 spiro atoms. The Morgan fingerprint density at radius 3 is 2.15 bits per heavy atom. The lowest BCUT2D eigenvalue weighted by atomic mass is 9.68. The summed E-state index contributed by atoms with van der Waals surface area (Å²) < 4.78 is 6.58. The maximum Gasteiger partial charge on any atom is 0.160 e. The van der Waals surface area contributed by atoms with Crippen molar-refractivity contribution in [2.75, 3.05) is 0 Å². The van der Waals surface area contributed by atoms with Crippen LogP contribution in [0.3, 0.4) is 0 Å². The lowest BCUT2D eigenvalue weighted by Gasteiger charge is -2.36. The summed E-state index contributed by atoms with van der Waals surface area (Å²) >= 11 is 0. The highest BCUT2D eigenvalue weighted by Crippen LogP contribution is 2.55. The molecule has 3 nitrogen and oxygen atoms in total. The Labute approximate surface area is 346 Å². The van der Waals surface area contributed by atoms with Crippen molar-refractivity contribution in [3.05, 3.63) is 208 Å². The molecule has 1 aliphatic heterocycles. The van der Waals surface area contributed by atoms with Gasteiger partial charge in [-0.3, -0.25) is 0 Å². The largest absolute Gasteiger partial charge is 0.455 e. The van der Waals surface area contributed by atoms with E-state index in [4.69, 9.17) is 14.4 Å². The van der Waals surface area contributed by atoms with Gasteiger partial charge in [0.05, 0.1) is 11.4 Å². The molecule has 0 saturated heterocycles. The van der Waals surface area contributed by atoms with E-state index in [0.717, 1.165) is 68.7 Å². The van der Waals surface area contributed by atoms with E-state index in [-0.39, 0.29) is 11.3 Å². The fourth-order valence-electron chi connectivity index (χ4n) is 10.5. The van der Waals surface area contributed by atoms with Crippen LogP contribution in [0.2, 0.25) is 0 Å². The first-order chi connectivity index (χ1) is 28.9. The molecule has 286 valence electrons. The minimum atomic E-state index is -0.0571. The number of rotatable bonds is 6. The summed E-state index contributed by atoms with van der Waals surface area (Å²) in [5.41, 5.74) is 20.8. The SMILES string of the molecule is CCC1=C(c2cccc3c2oc2ccccc23)N=C(c2ccc(C(C)C3Cc4c(ccc5c4C(C)(C)c4ccccc4-5)-c4ccccc43)cc2)N=C(c2ccccc2)C1. The van der Waals surface area contributed by atoms with Crippen LogP contribution in [0.15, 0.2) is 178 Å². The second kappa shape index (κ2) is 13.8. The van der Waals surface area contributed by atoms with E-state index in [0.29, 0.717) is 12.3 Å². The molecule has 7 aromatic carbocycles. The van der Waals surface area contributed by atoms with Gasteiger partial charge in [-0.15, -0.1) is 0 Å². The number of amidine groups is 1. The van der Waals surface area contributed by atoms with E-state index >= 15 is 0 Å². The highest BCUT2D eigenvalue weighted by molar-refractivity contribution is 6.17. The summed E-state index contributed by atoms with van der Waals surface area (Å²) in [5, 5.41) is 2.23. The van der Waals surface area contributed by atoms with Crippen LogP contribution in [0, 0.1) is 0 Å².